The first kappa shape index (κ1) is 19.2. The summed E-state index contributed by atoms with van der Waals surface area (Å²) in [5, 5.41) is 0.709. The van der Waals surface area contributed by atoms with E-state index in [4.69, 9.17) is 4.74 Å². The summed E-state index contributed by atoms with van der Waals surface area (Å²) in [6, 6.07) is 16.9. The van der Waals surface area contributed by atoms with Gasteiger partial charge in [0.05, 0.1) is 0 Å². The van der Waals surface area contributed by atoms with E-state index in [-0.39, 0.29) is 17.9 Å². The fraction of sp³-hybridized carbons (Fsp3) is 0.304. The molecular weight excluding hydrogens is 366 g/mol. The van der Waals surface area contributed by atoms with Crippen molar-refractivity contribution in [3.05, 3.63) is 76.1 Å². The zero-order valence-electron chi connectivity index (χ0n) is 16.6. The van der Waals surface area contributed by atoms with Gasteiger partial charge < -0.3 is 14.6 Å². The lowest BCUT2D eigenvalue weighted by Crippen LogP contribution is -2.49. The van der Waals surface area contributed by atoms with Gasteiger partial charge in [0.1, 0.15) is 5.75 Å². The van der Waals surface area contributed by atoms with Gasteiger partial charge in [-0.25, -0.2) is 0 Å². The molecule has 1 aromatic heterocycles. The molecule has 0 radical (unpaired) electrons. The summed E-state index contributed by atoms with van der Waals surface area (Å²) in [5.41, 5.74) is 2.90. The molecule has 29 heavy (non-hydrogen) atoms. The molecule has 6 heteroatoms. The SMILES string of the molecule is Cc1cccc(OCC(=O)N2CCN(Cc3cc(=O)c4ccccc4[nH]3)CC2)c1. The van der Waals surface area contributed by atoms with Crippen LogP contribution in [0.15, 0.2) is 59.4 Å². The smallest absolute Gasteiger partial charge is 0.260 e. The summed E-state index contributed by atoms with van der Waals surface area (Å²) >= 11 is 0. The van der Waals surface area contributed by atoms with Crippen LogP contribution in [0.3, 0.4) is 0 Å². The number of benzene rings is 2. The van der Waals surface area contributed by atoms with E-state index in [2.05, 4.69) is 9.88 Å². The summed E-state index contributed by atoms with van der Waals surface area (Å²) in [6.07, 6.45) is 0. The topological polar surface area (TPSA) is 65.6 Å². The maximum atomic E-state index is 12.4. The van der Waals surface area contributed by atoms with Gasteiger partial charge in [0.25, 0.3) is 5.91 Å². The number of pyridine rings is 1. The molecule has 1 fully saturated rings. The van der Waals surface area contributed by atoms with Crippen molar-refractivity contribution in [2.24, 2.45) is 0 Å². The van der Waals surface area contributed by atoms with E-state index in [9.17, 15) is 9.59 Å². The van der Waals surface area contributed by atoms with Crippen molar-refractivity contribution in [2.45, 2.75) is 13.5 Å². The third-order valence-corrected chi connectivity index (χ3v) is 5.26. The van der Waals surface area contributed by atoms with Crippen LogP contribution in [0.5, 0.6) is 5.75 Å². The van der Waals surface area contributed by atoms with Crippen LogP contribution in [-0.2, 0) is 11.3 Å². The van der Waals surface area contributed by atoms with Gasteiger partial charge in [-0.05, 0) is 36.8 Å². The van der Waals surface area contributed by atoms with Crippen molar-refractivity contribution in [1.82, 2.24) is 14.8 Å². The van der Waals surface area contributed by atoms with Crippen molar-refractivity contribution in [3.63, 3.8) is 0 Å². The first-order chi connectivity index (χ1) is 14.1. The lowest BCUT2D eigenvalue weighted by molar-refractivity contribution is -0.135. The average Bonchev–Trinajstić information content (AvgIpc) is 2.73. The molecule has 2 heterocycles. The van der Waals surface area contributed by atoms with Crippen LogP contribution in [-0.4, -0.2) is 53.5 Å². The normalized spacial score (nSPS) is 14.9. The van der Waals surface area contributed by atoms with Crippen molar-refractivity contribution < 1.29 is 9.53 Å². The van der Waals surface area contributed by atoms with E-state index in [1.807, 2.05) is 60.4 Å². The maximum Gasteiger partial charge on any atom is 0.260 e. The predicted molar refractivity (Wildman–Crippen MR) is 113 cm³/mol. The van der Waals surface area contributed by atoms with Crippen molar-refractivity contribution in [3.8, 4) is 5.75 Å². The zero-order chi connectivity index (χ0) is 20.2. The zero-order valence-corrected chi connectivity index (χ0v) is 16.6. The Morgan fingerprint density at radius 2 is 1.83 bits per heavy atom. The number of rotatable bonds is 5. The molecule has 1 N–H and O–H groups in total. The highest BCUT2D eigenvalue weighted by molar-refractivity contribution is 5.78. The minimum Gasteiger partial charge on any atom is -0.484 e. The van der Waals surface area contributed by atoms with Crippen LogP contribution < -0.4 is 10.2 Å². The Morgan fingerprint density at radius 1 is 1.03 bits per heavy atom. The lowest BCUT2D eigenvalue weighted by Gasteiger charge is -2.34. The van der Waals surface area contributed by atoms with Crippen LogP contribution in [0.4, 0.5) is 0 Å². The number of para-hydroxylation sites is 1. The number of carbonyl (C=O) groups excluding carboxylic acids is 1. The van der Waals surface area contributed by atoms with Crippen molar-refractivity contribution in [2.75, 3.05) is 32.8 Å². The Labute approximate surface area is 169 Å². The third kappa shape index (κ3) is 4.66. The molecule has 1 saturated heterocycles. The molecule has 6 nitrogen and oxygen atoms in total. The molecule has 3 aromatic rings. The number of carbonyl (C=O) groups is 1. The van der Waals surface area contributed by atoms with Gasteiger partial charge in [0.15, 0.2) is 12.0 Å². The first-order valence-electron chi connectivity index (χ1n) is 9.89. The quantitative estimate of drug-likeness (QED) is 0.726. The summed E-state index contributed by atoms with van der Waals surface area (Å²) in [4.78, 5) is 32.2. The second-order valence-electron chi connectivity index (χ2n) is 7.47. The maximum absolute atomic E-state index is 12.4. The molecule has 1 aliphatic heterocycles. The number of piperazine rings is 1. The number of aromatic amines is 1. The third-order valence-electron chi connectivity index (χ3n) is 5.26. The number of H-pyrrole nitrogens is 1. The van der Waals surface area contributed by atoms with E-state index in [1.54, 1.807) is 6.07 Å². The number of aryl methyl sites for hydroxylation is 1. The molecule has 0 spiro atoms. The van der Waals surface area contributed by atoms with E-state index in [1.165, 1.54) is 0 Å². The second-order valence-corrected chi connectivity index (χ2v) is 7.47. The minimum atomic E-state index is 0.00488. The number of nitrogens with zero attached hydrogens (tertiary/aromatic N) is 2. The molecule has 0 bridgehead atoms. The highest BCUT2D eigenvalue weighted by Crippen LogP contribution is 2.14. The summed E-state index contributed by atoms with van der Waals surface area (Å²) < 4.78 is 5.63. The molecular formula is C23H25N3O3. The van der Waals surface area contributed by atoms with E-state index < -0.39 is 0 Å². The second kappa shape index (κ2) is 8.49. The first-order valence-corrected chi connectivity index (χ1v) is 9.89. The Bertz CT molecular complexity index is 1070. The summed E-state index contributed by atoms with van der Waals surface area (Å²) in [5.74, 6) is 0.725. The molecule has 0 saturated carbocycles. The van der Waals surface area contributed by atoms with Gasteiger partial charge in [-0.1, -0.05) is 24.3 Å². The number of nitrogens with one attached hydrogen (secondary N) is 1. The highest BCUT2D eigenvalue weighted by atomic mass is 16.5. The number of amides is 1. The van der Waals surface area contributed by atoms with E-state index >= 15 is 0 Å². The van der Waals surface area contributed by atoms with Crippen LogP contribution >= 0.6 is 0 Å². The molecule has 0 aliphatic carbocycles. The van der Waals surface area contributed by atoms with Gasteiger partial charge in [0, 0.05) is 55.4 Å². The van der Waals surface area contributed by atoms with Crippen molar-refractivity contribution in [1.29, 1.82) is 0 Å². The fourth-order valence-corrected chi connectivity index (χ4v) is 3.67. The van der Waals surface area contributed by atoms with Gasteiger partial charge in [-0.2, -0.15) is 0 Å². The number of ether oxygens (including phenoxy) is 1. The summed E-state index contributed by atoms with van der Waals surface area (Å²) in [7, 11) is 0. The molecule has 2 aromatic carbocycles. The largest absolute Gasteiger partial charge is 0.484 e. The average molecular weight is 391 g/mol. The number of hydrogen-bond acceptors (Lipinski definition) is 4. The van der Waals surface area contributed by atoms with Gasteiger partial charge in [-0.15, -0.1) is 0 Å². The number of aromatic nitrogens is 1. The van der Waals surface area contributed by atoms with Crippen molar-refractivity contribution >= 4 is 16.8 Å². The van der Waals surface area contributed by atoms with E-state index in [0.717, 1.165) is 35.6 Å². The monoisotopic (exact) mass is 391 g/mol. The number of fused-ring (bicyclic) bond motifs is 1. The van der Waals surface area contributed by atoms with Crippen LogP contribution in [0.2, 0.25) is 0 Å². The Balaban J connectivity index is 1.30. The Kier molecular flexibility index (Phi) is 5.62. The fourth-order valence-electron chi connectivity index (χ4n) is 3.67. The predicted octanol–water partition coefficient (Wildman–Crippen LogP) is 2.56. The van der Waals surface area contributed by atoms with Crippen LogP contribution in [0.1, 0.15) is 11.3 Å². The van der Waals surface area contributed by atoms with Gasteiger partial charge in [-0.3, -0.25) is 14.5 Å². The standard InChI is InChI=1S/C23H25N3O3/c1-17-5-4-6-19(13-17)29-16-23(28)26-11-9-25(10-12-26)15-18-14-22(27)20-7-2-3-8-21(20)24-18/h2-8,13-14H,9-12,15-16H2,1H3,(H,24,27). The molecule has 0 atom stereocenters. The van der Waals surface area contributed by atoms with Crippen LogP contribution in [0, 0.1) is 6.92 Å². The summed E-state index contributed by atoms with van der Waals surface area (Å²) in [6.45, 7) is 5.58. The molecule has 1 amide bonds. The van der Waals surface area contributed by atoms with Gasteiger partial charge in [0.2, 0.25) is 0 Å². The van der Waals surface area contributed by atoms with Crippen LogP contribution in [0.25, 0.3) is 10.9 Å². The minimum absolute atomic E-state index is 0.00488. The lowest BCUT2D eigenvalue weighted by atomic mass is 10.2. The molecule has 1 aliphatic rings. The molecule has 4 rings (SSSR count). The molecule has 0 unspecified atom stereocenters. The number of hydrogen-bond donors (Lipinski definition) is 1. The highest BCUT2D eigenvalue weighted by Gasteiger charge is 2.21. The Morgan fingerprint density at radius 3 is 2.62 bits per heavy atom. The molecule has 150 valence electrons. The van der Waals surface area contributed by atoms with Gasteiger partial charge >= 0.3 is 0 Å². The van der Waals surface area contributed by atoms with E-state index in [0.29, 0.717) is 25.0 Å². The Hall–Kier alpha value is -3.12.